The summed E-state index contributed by atoms with van der Waals surface area (Å²) in [5.74, 6) is -1.38. The van der Waals surface area contributed by atoms with E-state index in [2.05, 4.69) is 21.3 Å². The minimum atomic E-state index is -1.03. The maximum absolute atomic E-state index is 14.2. The van der Waals surface area contributed by atoms with E-state index < -0.39 is 53.8 Å². The van der Waals surface area contributed by atoms with Crippen molar-refractivity contribution in [1.82, 2.24) is 21.3 Å². The highest BCUT2D eigenvalue weighted by molar-refractivity contribution is 5.87. The summed E-state index contributed by atoms with van der Waals surface area (Å²) in [6.45, 7) is 7.76. The second-order valence-corrected chi connectivity index (χ2v) is 14.6. The summed E-state index contributed by atoms with van der Waals surface area (Å²) in [5, 5.41) is 11.9. The van der Waals surface area contributed by atoms with Gasteiger partial charge in [0.2, 0.25) is 11.8 Å². The Kier molecular flexibility index (Phi) is 14.4. The number of carbonyl (C=O) groups excluding carboxylic acids is 4. The summed E-state index contributed by atoms with van der Waals surface area (Å²) in [6, 6.07) is 34.9. The van der Waals surface area contributed by atoms with Crippen molar-refractivity contribution in [2.45, 2.75) is 83.5 Å². The van der Waals surface area contributed by atoms with Crippen molar-refractivity contribution in [2.75, 3.05) is 6.61 Å². The molecule has 4 aromatic rings. The van der Waals surface area contributed by atoms with Gasteiger partial charge in [-0.1, -0.05) is 149 Å². The summed E-state index contributed by atoms with van der Waals surface area (Å²) in [5.41, 5.74) is 2.52. The van der Waals surface area contributed by atoms with Gasteiger partial charge in [-0.3, -0.25) is 9.59 Å². The molecule has 1 fully saturated rings. The summed E-state index contributed by atoms with van der Waals surface area (Å²) in [7, 11) is 0. The van der Waals surface area contributed by atoms with Crippen LogP contribution in [0.15, 0.2) is 121 Å². The van der Waals surface area contributed by atoms with Crippen LogP contribution in [-0.4, -0.2) is 60.4 Å². The van der Waals surface area contributed by atoms with E-state index in [4.69, 9.17) is 14.2 Å². The first-order valence-electron chi connectivity index (χ1n) is 18.8. The van der Waals surface area contributed by atoms with Gasteiger partial charge in [-0.05, 0) is 46.9 Å². The predicted octanol–water partition coefficient (Wildman–Crippen LogP) is 6.11. The van der Waals surface area contributed by atoms with Crippen LogP contribution >= 0.6 is 0 Å². The van der Waals surface area contributed by atoms with Crippen molar-refractivity contribution in [3.63, 3.8) is 0 Å². The third-order valence-electron chi connectivity index (χ3n) is 9.73. The number of epoxide rings is 1. The highest BCUT2D eigenvalue weighted by Crippen LogP contribution is 2.38. The first-order valence-corrected chi connectivity index (χ1v) is 18.8. The molecule has 11 heteroatoms. The number of hydrogen-bond acceptors (Lipinski definition) is 7. The number of ether oxygens (including phenoxy) is 3. The van der Waals surface area contributed by atoms with E-state index >= 15 is 0 Å². The first kappa shape index (κ1) is 40.5. The Labute approximate surface area is 323 Å². The first-order chi connectivity index (χ1) is 26.5. The Bertz CT molecular complexity index is 1690. The van der Waals surface area contributed by atoms with Gasteiger partial charge in [-0.15, -0.1) is 0 Å². The number of benzene rings is 4. The highest BCUT2D eigenvalue weighted by atomic mass is 16.6. The van der Waals surface area contributed by atoms with Crippen molar-refractivity contribution in [2.24, 2.45) is 11.8 Å². The van der Waals surface area contributed by atoms with Crippen molar-refractivity contribution >= 4 is 24.0 Å². The molecular weight excluding hydrogens is 697 g/mol. The van der Waals surface area contributed by atoms with Crippen molar-refractivity contribution < 1.29 is 33.4 Å². The molecule has 4 aromatic carbocycles. The van der Waals surface area contributed by atoms with E-state index in [1.54, 1.807) is 0 Å². The second kappa shape index (κ2) is 19.6. The van der Waals surface area contributed by atoms with Gasteiger partial charge in [0.25, 0.3) is 0 Å². The minimum Gasteiger partial charge on any atom is -0.445 e. The van der Waals surface area contributed by atoms with Crippen LogP contribution in [0.3, 0.4) is 0 Å². The molecule has 0 bridgehead atoms. The number of nitrogens with one attached hydrogen (secondary N) is 4. The van der Waals surface area contributed by atoms with Gasteiger partial charge in [0.05, 0.1) is 18.7 Å². The molecule has 0 aromatic heterocycles. The van der Waals surface area contributed by atoms with Crippen LogP contribution < -0.4 is 21.3 Å². The van der Waals surface area contributed by atoms with Crippen molar-refractivity contribution in [3.8, 4) is 0 Å². The molecule has 1 aliphatic heterocycles. The van der Waals surface area contributed by atoms with Crippen molar-refractivity contribution in [1.29, 1.82) is 0 Å². The lowest BCUT2D eigenvalue weighted by Gasteiger charge is -2.35. The standard InChI is InChI=1S/C44H52N4O7/c1-30(2)38(47-42(51)53-27-34-21-13-7-14-22-34)40(49)45-36(25-32-17-9-5-10-18-32)44(29-55-44)37(26-33-19-11-6-12-20-33)46-41(50)39(31(3)4)48-43(52)54-28-35-23-15-8-16-24-35/h5-24,30-31,36-39H,25-29H2,1-4H3,(H,45,49)(H,46,50)(H,47,51)(H,48,52)/t36?,37?,38-,39-,44?/m0/s1. The molecule has 1 aliphatic rings. The van der Waals surface area contributed by atoms with E-state index in [0.717, 1.165) is 22.3 Å². The topological polar surface area (TPSA) is 147 Å². The SMILES string of the molecule is CC(C)[C@H](NC(=O)OCc1ccccc1)C(=O)NC(Cc1ccccc1)C1(C(Cc2ccccc2)NC(=O)[C@@H](NC(=O)OCc2ccccc2)C(C)C)CO1. The fourth-order valence-corrected chi connectivity index (χ4v) is 6.50. The van der Waals surface area contributed by atoms with Gasteiger partial charge in [-0.25, -0.2) is 9.59 Å². The van der Waals surface area contributed by atoms with Crippen LogP contribution in [-0.2, 0) is 49.9 Å². The molecule has 1 heterocycles. The summed E-state index contributed by atoms with van der Waals surface area (Å²) in [4.78, 5) is 54.2. The van der Waals surface area contributed by atoms with Crippen LogP contribution in [0, 0.1) is 11.8 Å². The Balaban J connectivity index is 1.37. The molecule has 4 amide bonds. The molecule has 55 heavy (non-hydrogen) atoms. The van der Waals surface area contributed by atoms with E-state index in [9.17, 15) is 19.2 Å². The molecule has 11 nitrogen and oxygen atoms in total. The van der Waals surface area contributed by atoms with Crippen LogP contribution in [0.5, 0.6) is 0 Å². The third-order valence-corrected chi connectivity index (χ3v) is 9.73. The number of hydrogen-bond donors (Lipinski definition) is 4. The molecule has 4 N–H and O–H groups in total. The predicted molar refractivity (Wildman–Crippen MR) is 210 cm³/mol. The number of rotatable bonds is 18. The smallest absolute Gasteiger partial charge is 0.408 e. The number of carbonyl (C=O) groups is 4. The Morgan fingerprint density at radius 3 is 1.13 bits per heavy atom. The van der Waals surface area contributed by atoms with E-state index in [1.165, 1.54) is 0 Å². The van der Waals surface area contributed by atoms with Gasteiger partial charge in [0.1, 0.15) is 30.9 Å². The van der Waals surface area contributed by atoms with Gasteiger partial charge in [0.15, 0.2) is 0 Å². The molecule has 1 saturated heterocycles. The maximum atomic E-state index is 14.2. The molecule has 0 spiro atoms. The Hall–Kier alpha value is -5.68. The largest absolute Gasteiger partial charge is 0.445 e. The summed E-state index contributed by atoms with van der Waals surface area (Å²) >= 11 is 0. The second-order valence-electron chi connectivity index (χ2n) is 14.6. The molecule has 0 saturated carbocycles. The fraction of sp³-hybridized carbons (Fsp3) is 0.364. The molecule has 2 unspecified atom stereocenters. The summed E-state index contributed by atoms with van der Waals surface area (Å²) < 4.78 is 17.2. The lowest BCUT2D eigenvalue weighted by atomic mass is 9.83. The molecular formula is C44H52N4O7. The van der Waals surface area contributed by atoms with Crippen LogP contribution in [0.4, 0.5) is 9.59 Å². The quantitative estimate of drug-likeness (QED) is 0.0898. The zero-order valence-electron chi connectivity index (χ0n) is 31.9. The Morgan fingerprint density at radius 2 is 0.836 bits per heavy atom. The van der Waals surface area contributed by atoms with Gasteiger partial charge >= 0.3 is 12.2 Å². The molecule has 0 aliphatic carbocycles. The zero-order chi connectivity index (χ0) is 39.2. The normalized spacial score (nSPS) is 16.9. The third kappa shape index (κ3) is 11.9. The molecule has 5 rings (SSSR count). The van der Waals surface area contributed by atoms with Crippen molar-refractivity contribution in [3.05, 3.63) is 144 Å². The monoisotopic (exact) mass is 748 g/mol. The molecule has 0 radical (unpaired) electrons. The van der Waals surface area contributed by atoms with E-state index in [-0.39, 0.29) is 31.7 Å². The van der Waals surface area contributed by atoms with Crippen LogP contribution in [0.25, 0.3) is 0 Å². The van der Waals surface area contributed by atoms with Gasteiger partial charge in [-0.2, -0.15) is 0 Å². The average molecular weight is 749 g/mol. The Morgan fingerprint density at radius 1 is 0.527 bits per heavy atom. The maximum Gasteiger partial charge on any atom is 0.408 e. The number of amides is 4. The lowest BCUT2D eigenvalue weighted by Crippen LogP contribution is -2.63. The van der Waals surface area contributed by atoms with Gasteiger partial charge < -0.3 is 35.5 Å². The number of alkyl carbamates (subject to hydrolysis) is 2. The van der Waals surface area contributed by atoms with Gasteiger partial charge in [0, 0.05) is 0 Å². The van der Waals surface area contributed by atoms with E-state index in [0.29, 0.717) is 12.8 Å². The fourth-order valence-electron chi connectivity index (χ4n) is 6.50. The molecule has 290 valence electrons. The van der Waals surface area contributed by atoms with Crippen LogP contribution in [0.2, 0.25) is 0 Å². The highest BCUT2D eigenvalue weighted by Gasteiger charge is 2.58. The zero-order valence-corrected chi connectivity index (χ0v) is 31.9. The molecule has 4 atom stereocenters. The van der Waals surface area contributed by atoms with Crippen LogP contribution in [0.1, 0.15) is 49.9 Å². The lowest BCUT2D eigenvalue weighted by molar-refractivity contribution is -0.126. The van der Waals surface area contributed by atoms with E-state index in [1.807, 2.05) is 149 Å². The summed E-state index contributed by atoms with van der Waals surface area (Å²) in [6.07, 6.45) is -0.652. The minimum absolute atomic E-state index is 0.0601. The average Bonchev–Trinajstić information content (AvgIpc) is 4.00.